The summed E-state index contributed by atoms with van der Waals surface area (Å²) in [6, 6.07) is 12.7. The fourth-order valence-corrected chi connectivity index (χ4v) is 4.38. The number of hydrogen-bond acceptors (Lipinski definition) is 5. The van der Waals surface area contributed by atoms with Crippen molar-refractivity contribution >= 4 is 29.1 Å². The molecule has 1 aromatic heterocycles. The fourth-order valence-electron chi connectivity index (χ4n) is 4.17. The molecular formula is C28H33ClN4O3. The average Bonchev–Trinajstić information content (AvgIpc) is 2.89. The molecule has 1 N–H and O–H groups in total. The summed E-state index contributed by atoms with van der Waals surface area (Å²) in [5.41, 5.74) is 1.41. The van der Waals surface area contributed by atoms with Crippen LogP contribution in [0, 0.1) is 11.3 Å². The number of pyridine rings is 1. The van der Waals surface area contributed by atoms with Gasteiger partial charge in [0.1, 0.15) is 11.4 Å². The molecule has 2 amide bonds. The molecule has 2 aromatic rings. The second-order valence-electron chi connectivity index (χ2n) is 8.82. The molecule has 1 fully saturated rings. The molecule has 2 unspecified atom stereocenters. The lowest BCUT2D eigenvalue weighted by Gasteiger charge is -2.39. The van der Waals surface area contributed by atoms with Crippen molar-refractivity contribution in [2.24, 2.45) is 5.92 Å². The van der Waals surface area contributed by atoms with Gasteiger partial charge in [0, 0.05) is 36.8 Å². The molecule has 7 nitrogen and oxygen atoms in total. The van der Waals surface area contributed by atoms with E-state index in [1.54, 1.807) is 34.1 Å². The maximum absolute atomic E-state index is 12.9. The van der Waals surface area contributed by atoms with Crippen molar-refractivity contribution in [2.45, 2.75) is 32.7 Å². The average molecular weight is 509 g/mol. The number of nitrogens with one attached hydrogen (secondary N) is 1. The number of aromatic nitrogens is 1. The highest BCUT2D eigenvalue weighted by atomic mass is 35.5. The Kier molecular flexibility index (Phi) is 9.82. The van der Waals surface area contributed by atoms with Gasteiger partial charge in [-0.1, -0.05) is 55.0 Å². The van der Waals surface area contributed by atoms with Crippen molar-refractivity contribution < 1.29 is 14.3 Å². The van der Waals surface area contributed by atoms with Crippen LogP contribution in [-0.2, 0) is 11.2 Å². The van der Waals surface area contributed by atoms with E-state index in [9.17, 15) is 9.59 Å². The van der Waals surface area contributed by atoms with E-state index in [4.69, 9.17) is 21.7 Å². The number of benzene rings is 1. The summed E-state index contributed by atoms with van der Waals surface area (Å²) in [6.07, 6.45) is 9.09. The molecule has 0 bridgehead atoms. The number of halogens is 1. The molecule has 8 heteroatoms. The number of carbonyl (C=O) groups is 2. The van der Waals surface area contributed by atoms with Crippen molar-refractivity contribution in [3.05, 3.63) is 83.0 Å². The minimum Gasteiger partial charge on any atom is -0.481 e. The first kappa shape index (κ1) is 27.1. The molecule has 0 spiro atoms. The van der Waals surface area contributed by atoms with Crippen molar-refractivity contribution in [1.82, 2.24) is 14.8 Å². The van der Waals surface area contributed by atoms with Crippen LogP contribution in [0.15, 0.2) is 66.8 Å². The number of ether oxygens (including phenoxy) is 1. The normalized spacial score (nSPS) is 16.9. The number of piperazine rings is 1. The van der Waals surface area contributed by atoms with Crippen molar-refractivity contribution in [3.63, 3.8) is 0 Å². The van der Waals surface area contributed by atoms with Gasteiger partial charge >= 0.3 is 0 Å². The predicted molar refractivity (Wildman–Crippen MR) is 143 cm³/mol. The third-order valence-electron chi connectivity index (χ3n) is 6.23. The molecule has 1 saturated heterocycles. The quantitative estimate of drug-likeness (QED) is 0.388. The molecule has 1 aliphatic rings. The molecule has 36 heavy (non-hydrogen) atoms. The maximum Gasteiger partial charge on any atom is 0.272 e. The third kappa shape index (κ3) is 7.28. The van der Waals surface area contributed by atoms with E-state index in [-0.39, 0.29) is 23.6 Å². The number of nitrogens with zero attached hydrogens (tertiary/aromatic N) is 3. The lowest BCUT2D eigenvalue weighted by molar-refractivity contribution is -0.127. The standard InChI is InChI=1S/C28H33ClN4O3/c1-4-21(17-22-10-7-11-23(29)18-22)9-5-6-12-24(30)27(34)33-16-15-32(19-20(33)2)28(35)25-13-8-14-26(31-25)36-3/h5-14,18,20-21,30H,4,15-17,19H2,1-3H3/b9-5+,12-6+,30-24?. The third-order valence-corrected chi connectivity index (χ3v) is 6.46. The van der Waals surface area contributed by atoms with Crippen LogP contribution in [0.3, 0.4) is 0 Å². The van der Waals surface area contributed by atoms with Crippen molar-refractivity contribution in [2.75, 3.05) is 26.7 Å². The summed E-state index contributed by atoms with van der Waals surface area (Å²) in [7, 11) is 1.51. The lowest BCUT2D eigenvalue weighted by atomic mass is 9.96. The highest BCUT2D eigenvalue weighted by molar-refractivity contribution is 6.42. The Morgan fingerprint density at radius 2 is 2.00 bits per heavy atom. The smallest absolute Gasteiger partial charge is 0.272 e. The van der Waals surface area contributed by atoms with Crippen LogP contribution in [0.25, 0.3) is 0 Å². The zero-order chi connectivity index (χ0) is 26.1. The van der Waals surface area contributed by atoms with Crippen LogP contribution in [0.4, 0.5) is 0 Å². The van der Waals surface area contributed by atoms with Crippen molar-refractivity contribution in [1.29, 1.82) is 5.41 Å². The minimum atomic E-state index is -0.343. The van der Waals surface area contributed by atoms with Gasteiger partial charge in [-0.05, 0) is 55.5 Å². The van der Waals surface area contributed by atoms with Gasteiger partial charge < -0.3 is 14.5 Å². The van der Waals surface area contributed by atoms with Crippen LogP contribution in [-0.4, -0.2) is 65.1 Å². The number of carbonyl (C=O) groups excluding carboxylic acids is 2. The van der Waals surface area contributed by atoms with E-state index in [0.717, 1.165) is 17.9 Å². The summed E-state index contributed by atoms with van der Waals surface area (Å²) >= 11 is 6.08. The first-order valence-corrected chi connectivity index (χ1v) is 12.5. The topological polar surface area (TPSA) is 86.6 Å². The Morgan fingerprint density at radius 1 is 1.22 bits per heavy atom. The molecule has 2 heterocycles. The van der Waals surface area contributed by atoms with E-state index in [1.165, 1.54) is 18.7 Å². The number of allylic oxidation sites excluding steroid dienone is 3. The van der Waals surface area contributed by atoms with E-state index >= 15 is 0 Å². The van der Waals surface area contributed by atoms with Crippen LogP contribution in [0.1, 0.15) is 36.3 Å². The van der Waals surface area contributed by atoms with Crippen molar-refractivity contribution in [3.8, 4) is 5.88 Å². The molecule has 1 aromatic carbocycles. The molecule has 190 valence electrons. The van der Waals surface area contributed by atoms with Gasteiger partial charge in [-0.25, -0.2) is 4.98 Å². The fraction of sp³-hybridized carbons (Fsp3) is 0.357. The van der Waals surface area contributed by atoms with E-state index in [0.29, 0.717) is 37.1 Å². The van der Waals surface area contributed by atoms with Gasteiger partial charge in [0.05, 0.1) is 7.11 Å². The van der Waals surface area contributed by atoms with Gasteiger partial charge in [-0.2, -0.15) is 0 Å². The van der Waals surface area contributed by atoms with Crippen LogP contribution in [0.2, 0.25) is 5.02 Å². The van der Waals surface area contributed by atoms with Gasteiger partial charge in [0.2, 0.25) is 5.88 Å². The second-order valence-corrected chi connectivity index (χ2v) is 9.26. The van der Waals surface area contributed by atoms with E-state index in [1.807, 2.05) is 31.2 Å². The monoisotopic (exact) mass is 508 g/mol. The predicted octanol–water partition coefficient (Wildman–Crippen LogP) is 4.82. The second kappa shape index (κ2) is 13.0. The Morgan fingerprint density at radius 3 is 2.69 bits per heavy atom. The van der Waals surface area contributed by atoms with Gasteiger partial charge in [-0.3, -0.25) is 15.0 Å². The van der Waals surface area contributed by atoms with Gasteiger partial charge in [0.15, 0.2) is 0 Å². The lowest BCUT2D eigenvalue weighted by Crippen LogP contribution is -2.56. The maximum atomic E-state index is 12.9. The summed E-state index contributed by atoms with van der Waals surface area (Å²) in [5, 5.41) is 8.97. The summed E-state index contributed by atoms with van der Waals surface area (Å²) < 4.78 is 5.10. The van der Waals surface area contributed by atoms with Crippen LogP contribution >= 0.6 is 11.6 Å². The number of hydrogen-bond donors (Lipinski definition) is 1. The first-order chi connectivity index (χ1) is 17.3. The summed E-state index contributed by atoms with van der Waals surface area (Å²) in [4.78, 5) is 33.3. The van der Waals surface area contributed by atoms with E-state index in [2.05, 4.69) is 24.1 Å². The molecule has 0 saturated carbocycles. The van der Waals surface area contributed by atoms with Gasteiger partial charge in [0.25, 0.3) is 11.8 Å². The van der Waals surface area contributed by atoms with Gasteiger partial charge in [-0.15, -0.1) is 0 Å². The van der Waals surface area contributed by atoms with Crippen LogP contribution in [0.5, 0.6) is 5.88 Å². The summed E-state index contributed by atoms with van der Waals surface area (Å²) in [5.74, 6) is 0.176. The molecule has 0 radical (unpaired) electrons. The Labute approximate surface area is 217 Å². The number of methoxy groups -OCH3 is 1. The zero-order valence-electron chi connectivity index (χ0n) is 21.0. The first-order valence-electron chi connectivity index (χ1n) is 12.1. The largest absolute Gasteiger partial charge is 0.481 e. The molecule has 0 aliphatic carbocycles. The van der Waals surface area contributed by atoms with Crippen LogP contribution < -0.4 is 4.74 Å². The zero-order valence-corrected chi connectivity index (χ0v) is 21.7. The highest BCUT2D eigenvalue weighted by Crippen LogP contribution is 2.18. The SMILES string of the molecule is CCC(/C=C/C=C/C(=N)C(=O)N1CCN(C(=O)c2cccc(OC)n2)CC1C)Cc1cccc(Cl)c1. The number of rotatable bonds is 9. The minimum absolute atomic E-state index is 0.0800. The number of amides is 2. The van der Waals surface area contributed by atoms with E-state index < -0.39 is 0 Å². The Balaban J connectivity index is 1.53. The molecule has 3 rings (SSSR count). The summed E-state index contributed by atoms with van der Waals surface area (Å²) in [6.45, 7) is 5.13. The Bertz CT molecular complexity index is 1150. The highest BCUT2D eigenvalue weighted by Gasteiger charge is 2.31. The Hall–Kier alpha value is -3.45. The molecular weight excluding hydrogens is 476 g/mol. The molecule has 2 atom stereocenters. The molecule has 1 aliphatic heterocycles.